The molecule has 0 amide bonds. The number of benzene rings is 8. The molecule has 0 aliphatic heterocycles. The van der Waals surface area contributed by atoms with Gasteiger partial charge in [-0.3, -0.25) is 4.79 Å². The topological polar surface area (TPSA) is 81.7 Å². The van der Waals surface area contributed by atoms with Crippen molar-refractivity contribution in [1.82, 2.24) is 0 Å². The summed E-state index contributed by atoms with van der Waals surface area (Å²) in [4.78, 5) is 12.6. The van der Waals surface area contributed by atoms with Gasteiger partial charge in [-0.1, -0.05) is 155 Å². The molecular formula is C57H49BrO8. The van der Waals surface area contributed by atoms with Crippen LogP contribution in [0.5, 0.6) is 40.2 Å². The van der Waals surface area contributed by atoms with Crippen LogP contribution in [0.3, 0.4) is 0 Å². The summed E-state index contributed by atoms with van der Waals surface area (Å²) in [6.45, 7) is 1.98. The van der Waals surface area contributed by atoms with Gasteiger partial charge in [0.2, 0.25) is 0 Å². The third-order valence-corrected chi connectivity index (χ3v) is 10.9. The highest BCUT2D eigenvalue weighted by Crippen LogP contribution is 2.32. The first kappa shape index (κ1) is 45.1. The van der Waals surface area contributed by atoms with Gasteiger partial charge in [-0.15, -0.1) is 0 Å². The second-order valence-corrected chi connectivity index (χ2v) is 16.0. The molecule has 0 spiro atoms. The molecule has 0 radical (unpaired) electrons. The summed E-state index contributed by atoms with van der Waals surface area (Å²) in [5.41, 5.74) is 7.54. The lowest BCUT2D eigenvalue weighted by molar-refractivity contribution is 0.0921. The van der Waals surface area contributed by atoms with E-state index >= 15 is 0 Å². The molecule has 332 valence electrons. The monoisotopic (exact) mass is 940 g/mol. The van der Waals surface area contributed by atoms with Gasteiger partial charge in [-0.2, -0.15) is 0 Å². The summed E-state index contributed by atoms with van der Waals surface area (Å²) >= 11 is 3.65. The molecule has 0 heterocycles. The number of halogens is 1. The van der Waals surface area contributed by atoms with Crippen LogP contribution in [0.15, 0.2) is 200 Å². The SMILES string of the molecule is O=C(COc1cccc(COc2cc(OCc3ccccc3)cc(OCc3cc(CBr)cc(OCc4cc(OCc5ccccc5)cc(OCc5ccccc5)c4)c3)c2)c1)c1ccccc1. The summed E-state index contributed by atoms with van der Waals surface area (Å²) in [7, 11) is 0. The first-order valence-electron chi connectivity index (χ1n) is 21.7. The molecule has 0 saturated carbocycles. The molecule has 8 rings (SSSR count). The lowest BCUT2D eigenvalue weighted by Gasteiger charge is -2.16. The Hall–Kier alpha value is -7.49. The van der Waals surface area contributed by atoms with Gasteiger partial charge in [-0.25, -0.2) is 0 Å². The maximum absolute atomic E-state index is 12.6. The zero-order chi connectivity index (χ0) is 45.2. The third-order valence-electron chi connectivity index (χ3n) is 10.3. The van der Waals surface area contributed by atoms with Gasteiger partial charge in [0.25, 0.3) is 0 Å². The average molecular weight is 942 g/mol. The lowest BCUT2D eigenvalue weighted by Crippen LogP contribution is -2.11. The van der Waals surface area contributed by atoms with Crippen LogP contribution in [0.1, 0.15) is 49.3 Å². The Morgan fingerprint density at radius 2 is 0.636 bits per heavy atom. The van der Waals surface area contributed by atoms with E-state index in [1.165, 1.54) is 0 Å². The average Bonchev–Trinajstić information content (AvgIpc) is 3.38. The fraction of sp³-hybridized carbons (Fsp3) is 0.140. The molecule has 8 aromatic rings. The molecule has 0 fully saturated rings. The van der Waals surface area contributed by atoms with E-state index in [2.05, 4.69) is 22.0 Å². The summed E-state index contributed by atoms with van der Waals surface area (Å²) in [6, 6.07) is 64.3. The van der Waals surface area contributed by atoms with Crippen LogP contribution in [-0.2, 0) is 45.0 Å². The Labute approximate surface area is 394 Å². The maximum atomic E-state index is 12.6. The Kier molecular flexibility index (Phi) is 16.0. The lowest BCUT2D eigenvalue weighted by atomic mass is 10.1. The molecule has 0 N–H and O–H groups in total. The van der Waals surface area contributed by atoms with Crippen molar-refractivity contribution >= 4 is 21.7 Å². The maximum Gasteiger partial charge on any atom is 0.200 e. The molecule has 0 unspecified atom stereocenters. The highest BCUT2D eigenvalue weighted by molar-refractivity contribution is 9.08. The fourth-order valence-electron chi connectivity index (χ4n) is 6.95. The van der Waals surface area contributed by atoms with Gasteiger partial charge in [0.05, 0.1) is 0 Å². The Bertz CT molecular complexity index is 2710. The normalized spacial score (nSPS) is 10.7. The van der Waals surface area contributed by atoms with Gasteiger partial charge < -0.3 is 33.2 Å². The van der Waals surface area contributed by atoms with Crippen molar-refractivity contribution in [3.8, 4) is 40.2 Å². The molecule has 0 saturated heterocycles. The van der Waals surface area contributed by atoms with Gasteiger partial charge >= 0.3 is 0 Å². The first-order valence-corrected chi connectivity index (χ1v) is 22.8. The van der Waals surface area contributed by atoms with E-state index in [0.717, 1.165) is 38.9 Å². The minimum atomic E-state index is -0.0920. The smallest absolute Gasteiger partial charge is 0.200 e. The second kappa shape index (κ2) is 23.4. The van der Waals surface area contributed by atoms with E-state index in [1.54, 1.807) is 12.1 Å². The van der Waals surface area contributed by atoms with Crippen LogP contribution < -0.4 is 33.2 Å². The highest BCUT2D eigenvalue weighted by Gasteiger charge is 2.12. The minimum absolute atomic E-state index is 0.0628. The molecular weight excluding hydrogens is 893 g/mol. The quantitative estimate of drug-likeness (QED) is 0.0463. The minimum Gasteiger partial charge on any atom is -0.489 e. The number of Topliss-reactive ketones (excluding diaryl/α,β-unsaturated/α-hetero) is 1. The molecule has 0 atom stereocenters. The zero-order valence-electron chi connectivity index (χ0n) is 36.4. The third kappa shape index (κ3) is 14.0. The molecule has 0 aliphatic rings. The summed E-state index contributed by atoms with van der Waals surface area (Å²) < 4.78 is 43.8. The van der Waals surface area contributed by atoms with Crippen LogP contribution >= 0.6 is 15.9 Å². The highest BCUT2D eigenvalue weighted by atomic mass is 79.9. The molecule has 0 bridgehead atoms. The van der Waals surface area contributed by atoms with E-state index in [-0.39, 0.29) is 25.6 Å². The van der Waals surface area contributed by atoms with E-state index in [4.69, 9.17) is 33.2 Å². The predicted molar refractivity (Wildman–Crippen MR) is 260 cm³/mol. The van der Waals surface area contributed by atoms with Crippen molar-refractivity contribution < 1.29 is 38.0 Å². The van der Waals surface area contributed by atoms with E-state index in [0.29, 0.717) is 77.6 Å². The summed E-state index contributed by atoms with van der Waals surface area (Å²) in [5, 5.41) is 0.633. The van der Waals surface area contributed by atoms with Crippen molar-refractivity contribution in [2.75, 3.05) is 6.61 Å². The molecule has 8 nitrogen and oxygen atoms in total. The van der Waals surface area contributed by atoms with Gasteiger partial charge in [-0.05, 0) is 75.3 Å². The predicted octanol–water partition coefficient (Wildman–Crippen LogP) is 13.3. The van der Waals surface area contributed by atoms with Crippen molar-refractivity contribution in [1.29, 1.82) is 0 Å². The number of ketones is 1. The van der Waals surface area contributed by atoms with E-state index < -0.39 is 0 Å². The summed E-state index contributed by atoms with van der Waals surface area (Å²) in [5.74, 6) is 4.33. The Morgan fingerprint density at radius 3 is 1.09 bits per heavy atom. The van der Waals surface area contributed by atoms with E-state index in [1.807, 2.05) is 182 Å². The molecule has 8 aromatic carbocycles. The second-order valence-electron chi connectivity index (χ2n) is 15.5. The number of hydrogen-bond donors (Lipinski definition) is 0. The molecule has 0 aromatic heterocycles. The van der Waals surface area contributed by atoms with Crippen LogP contribution in [0, 0.1) is 0 Å². The molecule has 9 heteroatoms. The molecule has 66 heavy (non-hydrogen) atoms. The summed E-state index contributed by atoms with van der Waals surface area (Å²) in [6.07, 6.45) is 0. The Balaban J connectivity index is 0.942. The van der Waals surface area contributed by atoms with Crippen molar-refractivity contribution in [3.63, 3.8) is 0 Å². The zero-order valence-corrected chi connectivity index (χ0v) is 37.9. The number of carbonyl (C=O) groups excluding carboxylic acids is 1. The number of ether oxygens (including phenoxy) is 7. The first-order chi connectivity index (χ1) is 32.5. The van der Waals surface area contributed by atoms with Crippen LogP contribution in [0.25, 0.3) is 0 Å². The standard InChI is InChI=1S/C57H49BrO8/c58-34-46-24-47(27-51(26-46)64-40-48-28-52(60-35-42-14-5-1-6-15-42)30-53(29-48)61-36-43-16-7-2-8-17-43)39-65-56-32-54(62-37-44-18-9-3-10-19-44)31-55(33-56)63-38-45-20-13-23-50(25-45)66-41-57(59)49-21-11-4-12-22-49/h1-33H,34-41H2. The number of carbonyl (C=O) groups is 1. The Morgan fingerprint density at radius 1 is 0.303 bits per heavy atom. The molecule has 0 aliphatic carbocycles. The van der Waals surface area contributed by atoms with Crippen LogP contribution in [0.2, 0.25) is 0 Å². The van der Waals surface area contributed by atoms with E-state index in [9.17, 15) is 4.79 Å². The van der Waals surface area contributed by atoms with Crippen LogP contribution in [-0.4, -0.2) is 12.4 Å². The van der Waals surface area contributed by atoms with Crippen LogP contribution in [0.4, 0.5) is 0 Å². The van der Waals surface area contributed by atoms with Crippen molar-refractivity contribution in [3.05, 3.63) is 245 Å². The number of rotatable bonds is 23. The number of alkyl halides is 1. The van der Waals surface area contributed by atoms with Gasteiger partial charge in [0.1, 0.15) is 79.9 Å². The number of hydrogen-bond acceptors (Lipinski definition) is 8. The fourth-order valence-corrected chi connectivity index (χ4v) is 7.28. The van der Waals surface area contributed by atoms with Crippen molar-refractivity contribution in [2.45, 2.75) is 45.0 Å². The van der Waals surface area contributed by atoms with Crippen molar-refractivity contribution in [2.24, 2.45) is 0 Å². The van der Waals surface area contributed by atoms with Gasteiger partial charge in [0, 0.05) is 35.2 Å². The van der Waals surface area contributed by atoms with Gasteiger partial charge in [0.15, 0.2) is 12.4 Å². The largest absolute Gasteiger partial charge is 0.489 e.